The van der Waals surface area contributed by atoms with Crippen LogP contribution in [0.25, 0.3) is 0 Å². The lowest BCUT2D eigenvalue weighted by Gasteiger charge is -1.93. The SMILES string of the molecule is CNCCC1=NC=[N+](C)C1. The lowest BCUT2D eigenvalue weighted by atomic mass is 10.3. The van der Waals surface area contributed by atoms with Crippen LogP contribution in [-0.4, -0.2) is 43.8 Å². The van der Waals surface area contributed by atoms with Gasteiger partial charge in [-0.1, -0.05) is 4.99 Å². The minimum Gasteiger partial charge on any atom is -0.319 e. The second-order valence-electron chi connectivity index (χ2n) is 2.58. The summed E-state index contributed by atoms with van der Waals surface area (Å²) in [4.78, 5) is 4.23. The van der Waals surface area contributed by atoms with Gasteiger partial charge in [0.25, 0.3) is 6.34 Å². The van der Waals surface area contributed by atoms with Gasteiger partial charge < -0.3 is 5.32 Å². The molecule has 0 saturated carbocycles. The van der Waals surface area contributed by atoms with Crippen molar-refractivity contribution in [1.82, 2.24) is 5.32 Å². The van der Waals surface area contributed by atoms with E-state index in [-0.39, 0.29) is 0 Å². The zero-order valence-corrected chi connectivity index (χ0v) is 6.59. The van der Waals surface area contributed by atoms with Gasteiger partial charge in [-0.05, 0) is 7.05 Å². The quantitative estimate of drug-likeness (QED) is 0.536. The van der Waals surface area contributed by atoms with Crippen LogP contribution >= 0.6 is 0 Å². The van der Waals surface area contributed by atoms with Crippen molar-refractivity contribution < 1.29 is 4.58 Å². The zero-order valence-electron chi connectivity index (χ0n) is 6.59. The number of rotatable bonds is 3. The topological polar surface area (TPSA) is 27.4 Å². The van der Waals surface area contributed by atoms with E-state index in [9.17, 15) is 0 Å². The summed E-state index contributed by atoms with van der Waals surface area (Å²) in [7, 11) is 4.00. The molecule has 1 aliphatic heterocycles. The van der Waals surface area contributed by atoms with Gasteiger partial charge in [0.1, 0.15) is 6.54 Å². The van der Waals surface area contributed by atoms with Gasteiger partial charge in [0.05, 0.1) is 7.05 Å². The fourth-order valence-corrected chi connectivity index (χ4v) is 0.963. The molecule has 10 heavy (non-hydrogen) atoms. The van der Waals surface area contributed by atoms with Gasteiger partial charge in [-0.2, -0.15) is 0 Å². The Balaban J connectivity index is 2.22. The minimum absolute atomic E-state index is 1.00. The maximum absolute atomic E-state index is 4.23. The first-order valence-electron chi connectivity index (χ1n) is 3.56. The molecule has 1 heterocycles. The molecule has 0 radical (unpaired) electrons. The first-order valence-corrected chi connectivity index (χ1v) is 3.56. The van der Waals surface area contributed by atoms with Crippen molar-refractivity contribution in [1.29, 1.82) is 0 Å². The van der Waals surface area contributed by atoms with Crippen LogP contribution in [0.2, 0.25) is 0 Å². The Morgan fingerprint density at radius 2 is 2.60 bits per heavy atom. The van der Waals surface area contributed by atoms with Crippen LogP contribution in [0.4, 0.5) is 0 Å². The highest BCUT2D eigenvalue weighted by atomic mass is 15.1. The van der Waals surface area contributed by atoms with E-state index in [2.05, 4.69) is 14.9 Å². The average molecular weight is 140 g/mol. The highest BCUT2D eigenvalue weighted by Gasteiger charge is 2.12. The molecule has 0 aromatic heterocycles. The molecule has 56 valence electrons. The minimum atomic E-state index is 1.00. The average Bonchev–Trinajstić information content (AvgIpc) is 2.31. The molecule has 0 aromatic carbocycles. The smallest absolute Gasteiger partial charge is 0.281 e. The molecule has 0 aliphatic carbocycles. The maximum Gasteiger partial charge on any atom is 0.281 e. The van der Waals surface area contributed by atoms with Crippen LogP contribution in [-0.2, 0) is 0 Å². The molecular weight excluding hydrogens is 126 g/mol. The maximum atomic E-state index is 4.23. The molecule has 0 unspecified atom stereocenters. The standard InChI is InChI=1S/C7H14N3/c1-8-4-3-7-5-10(2)6-9-7/h6,8H,3-5H2,1-2H3/q+1. The van der Waals surface area contributed by atoms with E-state index >= 15 is 0 Å². The fourth-order valence-electron chi connectivity index (χ4n) is 0.963. The van der Waals surface area contributed by atoms with Crippen molar-refractivity contribution in [2.45, 2.75) is 6.42 Å². The number of hydrogen-bond acceptors (Lipinski definition) is 2. The van der Waals surface area contributed by atoms with Gasteiger partial charge in [0.2, 0.25) is 0 Å². The normalized spacial score (nSPS) is 17.0. The van der Waals surface area contributed by atoms with Crippen molar-refractivity contribution in [3.8, 4) is 0 Å². The first kappa shape index (κ1) is 7.41. The number of aliphatic imine (C=N–C) groups is 1. The van der Waals surface area contributed by atoms with E-state index in [0.717, 1.165) is 19.5 Å². The van der Waals surface area contributed by atoms with E-state index < -0.39 is 0 Å². The predicted molar refractivity (Wildman–Crippen MR) is 43.1 cm³/mol. The van der Waals surface area contributed by atoms with Crippen LogP contribution < -0.4 is 5.32 Å². The van der Waals surface area contributed by atoms with Crippen LogP contribution in [0.1, 0.15) is 6.42 Å². The predicted octanol–water partition coefficient (Wildman–Crippen LogP) is -0.279. The molecule has 1 rings (SSSR count). The van der Waals surface area contributed by atoms with Crippen molar-refractivity contribution in [3.63, 3.8) is 0 Å². The Labute approximate surface area is 61.5 Å². The van der Waals surface area contributed by atoms with Crippen LogP contribution in [0.3, 0.4) is 0 Å². The number of nitrogens with one attached hydrogen (secondary N) is 1. The summed E-state index contributed by atoms with van der Waals surface area (Å²) >= 11 is 0. The molecular formula is C7H14N3+. The molecule has 1 N–H and O–H groups in total. The summed E-state index contributed by atoms with van der Waals surface area (Å²) in [6, 6.07) is 0. The van der Waals surface area contributed by atoms with Crippen molar-refractivity contribution >= 4 is 12.1 Å². The lowest BCUT2D eigenvalue weighted by molar-refractivity contribution is -0.473. The van der Waals surface area contributed by atoms with Gasteiger partial charge in [0.15, 0.2) is 5.71 Å². The highest BCUT2D eigenvalue weighted by molar-refractivity contribution is 5.93. The summed E-state index contributed by atoms with van der Waals surface area (Å²) in [6.45, 7) is 2.03. The van der Waals surface area contributed by atoms with Crippen molar-refractivity contribution in [2.75, 3.05) is 27.2 Å². The van der Waals surface area contributed by atoms with E-state index in [0.29, 0.717) is 0 Å². The number of nitrogens with zero attached hydrogens (tertiary/aromatic N) is 2. The Morgan fingerprint density at radius 3 is 3.10 bits per heavy atom. The van der Waals surface area contributed by atoms with Gasteiger partial charge in [-0.15, -0.1) is 0 Å². The van der Waals surface area contributed by atoms with Gasteiger partial charge >= 0.3 is 0 Å². The second-order valence-corrected chi connectivity index (χ2v) is 2.58. The first-order chi connectivity index (χ1) is 4.83. The van der Waals surface area contributed by atoms with E-state index in [1.54, 1.807) is 0 Å². The lowest BCUT2D eigenvalue weighted by Crippen LogP contribution is -2.17. The summed E-state index contributed by atoms with van der Waals surface area (Å²) in [6.07, 6.45) is 2.95. The molecule has 0 saturated heterocycles. The third kappa shape index (κ3) is 1.92. The van der Waals surface area contributed by atoms with Crippen LogP contribution in [0.15, 0.2) is 4.99 Å². The Kier molecular flexibility index (Phi) is 2.57. The summed E-state index contributed by atoms with van der Waals surface area (Å²) < 4.78 is 2.09. The molecule has 0 atom stereocenters. The molecule has 0 amide bonds. The van der Waals surface area contributed by atoms with Crippen molar-refractivity contribution in [3.05, 3.63) is 0 Å². The second kappa shape index (κ2) is 3.46. The van der Waals surface area contributed by atoms with Gasteiger partial charge in [-0.3, -0.25) is 4.58 Å². The molecule has 3 nitrogen and oxygen atoms in total. The Morgan fingerprint density at radius 1 is 1.80 bits per heavy atom. The zero-order chi connectivity index (χ0) is 7.40. The Bertz CT molecular complexity index is 170. The van der Waals surface area contributed by atoms with Gasteiger partial charge in [-0.25, -0.2) is 0 Å². The van der Waals surface area contributed by atoms with Crippen LogP contribution in [0, 0.1) is 0 Å². The summed E-state index contributed by atoms with van der Waals surface area (Å²) in [5.41, 5.74) is 1.27. The van der Waals surface area contributed by atoms with E-state index in [1.165, 1.54) is 5.71 Å². The van der Waals surface area contributed by atoms with Crippen molar-refractivity contribution in [2.24, 2.45) is 4.99 Å². The summed E-state index contributed by atoms with van der Waals surface area (Å²) in [5, 5.41) is 3.10. The number of hydrogen-bond donors (Lipinski definition) is 1. The largest absolute Gasteiger partial charge is 0.319 e. The van der Waals surface area contributed by atoms with E-state index in [4.69, 9.17) is 0 Å². The van der Waals surface area contributed by atoms with Crippen LogP contribution in [0.5, 0.6) is 0 Å². The molecule has 0 spiro atoms. The monoisotopic (exact) mass is 140 g/mol. The third-order valence-corrected chi connectivity index (χ3v) is 1.53. The third-order valence-electron chi connectivity index (χ3n) is 1.53. The Hall–Kier alpha value is -0.700. The molecule has 0 fully saturated rings. The molecule has 3 heteroatoms. The summed E-state index contributed by atoms with van der Waals surface area (Å²) in [5.74, 6) is 0. The molecule has 0 bridgehead atoms. The highest BCUT2D eigenvalue weighted by Crippen LogP contribution is 1.91. The molecule has 1 aliphatic rings. The van der Waals surface area contributed by atoms with E-state index in [1.807, 2.05) is 20.4 Å². The van der Waals surface area contributed by atoms with Gasteiger partial charge in [0, 0.05) is 13.0 Å². The molecule has 0 aromatic rings. The fraction of sp³-hybridized carbons (Fsp3) is 0.714.